The number of hydrogen-bond acceptors (Lipinski definition) is 6. The highest BCUT2D eigenvalue weighted by molar-refractivity contribution is 7.99. The van der Waals surface area contributed by atoms with Gasteiger partial charge < -0.3 is 5.32 Å². The Morgan fingerprint density at radius 3 is 2.45 bits per heavy atom. The van der Waals surface area contributed by atoms with Crippen LogP contribution in [0.1, 0.15) is 36.0 Å². The van der Waals surface area contributed by atoms with Gasteiger partial charge >= 0.3 is 0 Å². The average Bonchev–Trinajstić information content (AvgIpc) is 2.95. The molecule has 0 spiro atoms. The molecule has 0 saturated carbocycles. The zero-order chi connectivity index (χ0) is 28.4. The van der Waals surface area contributed by atoms with Gasteiger partial charge in [-0.15, -0.1) is 0 Å². The van der Waals surface area contributed by atoms with E-state index in [2.05, 4.69) is 5.32 Å². The number of thioether (sulfide) groups is 1. The molecule has 0 unspecified atom stereocenters. The molecule has 1 saturated heterocycles. The number of sulfonamides is 1. The molecule has 0 bridgehead atoms. The maximum Gasteiger partial charge on any atom is 0.266 e. The number of benzene rings is 3. The number of para-hydroxylation sites is 1. The van der Waals surface area contributed by atoms with Gasteiger partial charge in [0, 0.05) is 13.1 Å². The van der Waals surface area contributed by atoms with Gasteiger partial charge in [0.2, 0.25) is 15.9 Å². The molecule has 3 aromatic carbocycles. The molecule has 40 heavy (non-hydrogen) atoms. The number of aryl methyl sites for hydroxylation is 3. The summed E-state index contributed by atoms with van der Waals surface area (Å²) in [5.74, 6) is -0.454. The van der Waals surface area contributed by atoms with Gasteiger partial charge in [-0.2, -0.15) is 4.31 Å². The zero-order valence-electron chi connectivity index (χ0n) is 22.8. The molecular formula is C30H32N4O4S2. The molecule has 1 amide bonds. The molecule has 10 heteroatoms. The van der Waals surface area contributed by atoms with Crippen molar-refractivity contribution in [1.82, 2.24) is 13.9 Å². The van der Waals surface area contributed by atoms with E-state index in [1.54, 1.807) is 36.4 Å². The molecule has 0 aliphatic carbocycles. The van der Waals surface area contributed by atoms with Gasteiger partial charge in [0.25, 0.3) is 5.56 Å². The quantitative estimate of drug-likeness (QED) is 0.239. The first-order valence-electron chi connectivity index (χ1n) is 13.3. The number of nitrogens with zero attached hydrogens (tertiary/aromatic N) is 3. The van der Waals surface area contributed by atoms with Crippen LogP contribution >= 0.6 is 11.8 Å². The number of rotatable bonds is 7. The molecular weight excluding hydrogens is 544 g/mol. The molecule has 1 fully saturated rings. The van der Waals surface area contributed by atoms with E-state index in [0.717, 1.165) is 47.7 Å². The molecule has 0 radical (unpaired) electrons. The van der Waals surface area contributed by atoms with E-state index in [1.807, 2.05) is 45.0 Å². The van der Waals surface area contributed by atoms with Crippen molar-refractivity contribution in [3.05, 3.63) is 87.7 Å². The monoisotopic (exact) mass is 576 g/mol. The first-order valence-corrected chi connectivity index (χ1v) is 15.7. The number of piperidine rings is 1. The molecule has 1 aliphatic rings. The van der Waals surface area contributed by atoms with Gasteiger partial charge in [-0.25, -0.2) is 13.4 Å². The molecule has 4 aromatic rings. The lowest BCUT2D eigenvalue weighted by Gasteiger charge is -2.27. The van der Waals surface area contributed by atoms with Gasteiger partial charge in [0.05, 0.1) is 28.0 Å². The van der Waals surface area contributed by atoms with Gasteiger partial charge in [-0.1, -0.05) is 42.4 Å². The fraction of sp³-hybridized carbons (Fsp3) is 0.300. The van der Waals surface area contributed by atoms with E-state index < -0.39 is 15.9 Å². The normalized spacial score (nSPS) is 14.4. The standard InChI is InChI=1S/C30H32N4O4S2/c1-20-11-14-26(27(17-20)40(37,38)33-15-7-4-8-16-33)31-28(35)19-39-30-32-25-10-6-5-9-24(25)29(36)34(30)23-13-12-21(2)22(3)18-23/h5-6,9-14,17-18H,4,7-8,15-16,19H2,1-3H3,(H,31,35). The van der Waals surface area contributed by atoms with Crippen molar-refractivity contribution in [3.63, 3.8) is 0 Å². The fourth-order valence-corrected chi connectivity index (χ4v) is 7.37. The summed E-state index contributed by atoms with van der Waals surface area (Å²) < 4.78 is 29.9. The third kappa shape index (κ3) is 5.70. The summed E-state index contributed by atoms with van der Waals surface area (Å²) >= 11 is 1.13. The summed E-state index contributed by atoms with van der Waals surface area (Å²) in [6, 6.07) is 17.9. The van der Waals surface area contributed by atoms with E-state index in [-0.39, 0.29) is 21.9 Å². The summed E-state index contributed by atoms with van der Waals surface area (Å²) in [5.41, 5.74) is 4.18. The summed E-state index contributed by atoms with van der Waals surface area (Å²) in [6.07, 6.45) is 2.66. The van der Waals surface area contributed by atoms with Gasteiger partial charge in [0.1, 0.15) is 4.90 Å². The van der Waals surface area contributed by atoms with Crippen molar-refractivity contribution in [1.29, 1.82) is 0 Å². The van der Waals surface area contributed by atoms with Crippen LogP contribution in [0.5, 0.6) is 0 Å². The van der Waals surface area contributed by atoms with Crippen molar-refractivity contribution in [2.75, 3.05) is 24.2 Å². The summed E-state index contributed by atoms with van der Waals surface area (Å²) in [5, 5.41) is 3.67. The van der Waals surface area contributed by atoms with E-state index in [4.69, 9.17) is 4.98 Å². The minimum absolute atomic E-state index is 0.0628. The predicted octanol–water partition coefficient (Wildman–Crippen LogP) is 5.22. The van der Waals surface area contributed by atoms with Crippen LogP contribution in [0, 0.1) is 20.8 Å². The summed E-state index contributed by atoms with van der Waals surface area (Å²) in [6.45, 7) is 6.77. The van der Waals surface area contributed by atoms with Crippen LogP contribution in [-0.2, 0) is 14.8 Å². The Bertz CT molecular complexity index is 1760. The number of carbonyl (C=O) groups excluding carboxylic acids is 1. The van der Waals surface area contributed by atoms with Gasteiger partial charge in [-0.05, 0) is 86.7 Å². The largest absolute Gasteiger partial charge is 0.324 e. The van der Waals surface area contributed by atoms with Crippen LogP contribution in [0.25, 0.3) is 16.6 Å². The van der Waals surface area contributed by atoms with E-state index in [0.29, 0.717) is 34.8 Å². The summed E-state index contributed by atoms with van der Waals surface area (Å²) in [4.78, 5) is 31.5. The van der Waals surface area contributed by atoms with Crippen molar-refractivity contribution in [2.24, 2.45) is 0 Å². The third-order valence-corrected chi connectivity index (χ3v) is 10.0. The SMILES string of the molecule is Cc1ccc(NC(=O)CSc2nc3ccccc3c(=O)n2-c2ccc(C)c(C)c2)c(S(=O)(=O)N2CCCCC2)c1. The van der Waals surface area contributed by atoms with E-state index in [1.165, 1.54) is 8.87 Å². The van der Waals surface area contributed by atoms with Crippen molar-refractivity contribution >= 4 is 44.3 Å². The number of aromatic nitrogens is 2. The van der Waals surface area contributed by atoms with E-state index >= 15 is 0 Å². The van der Waals surface area contributed by atoms with Crippen LogP contribution in [0.3, 0.4) is 0 Å². The molecule has 8 nitrogen and oxygen atoms in total. The van der Waals surface area contributed by atoms with Gasteiger partial charge in [-0.3, -0.25) is 14.2 Å². The molecule has 5 rings (SSSR count). The third-order valence-electron chi connectivity index (χ3n) is 7.17. The van der Waals surface area contributed by atoms with Crippen molar-refractivity contribution < 1.29 is 13.2 Å². The maximum absolute atomic E-state index is 13.6. The van der Waals surface area contributed by atoms with Crippen LogP contribution in [0.2, 0.25) is 0 Å². The topological polar surface area (TPSA) is 101 Å². The number of carbonyl (C=O) groups is 1. The molecule has 1 N–H and O–H groups in total. The first-order chi connectivity index (χ1) is 19.1. The Balaban J connectivity index is 1.44. The highest BCUT2D eigenvalue weighted by Gasteiger charge is 2.29. The highest BCUT2D eigenvalue weighted by Crippen LogP contribution is 2.29. The smallest absolute Gasteiger partial charge is 0.266 e. The fourth-order valence-electron chi connectivity index (χ4n) is 4.81. The number of fused-ring (bicyclic) bond motifs is 1. The lowest BCUT2D eigenvalue weighted by atomic mass is 10.1. The Morgan fingerprint density at radius 1 is 0.950 bits per heavy atom. The number of nitrogens with one attached hydrogen (secondary N) is 1. The Kier molecular flexibility index (Phi) is 8.11. The molecule has 1 aromatic heterocycles. The Hall–Kier alpha value is -3.47. The van der Waals surface area contributed by atoms with Crippen LogP contribution < -0.4 is 10.9 Å². The van der Waals surface area contributed by atoms with E-state index in [9.17, 15) is 18.0 Å². The van der Waals surface area contributed by atoms with Crippen LogP contribution in [0.4, 0.5) is 5.69 Å². The van der Waals surface area contributed by atoms with Crippen LogP contribution in [-0.4, -0.2) is 47.0 Å². The summed E-state index contributed by atoms with van der Waals surface area (Å²) in [7, 11) is -3.75. The second kappa shape index (κ2) is 11.6. The van der Waals surface area contributed by atoms with Crippen molar-refractivity contribution in [3.8, 4) is 5.69 Å². The highest BCUT2D eigenvalue weighted by atomic mass is 32.2. The lowest BCUT2D eigenvalue weighted by molar-refractivity contribution is -0.113. The lowest BCUT2D eigenvalue weighted by Crippen LogP contribution is -2.36. The second-order valence-electron chi connectivity index (χ2n) is 10.1. The minimum Gasteiger partial charge on any atom is -0.324 e. The predicted molar refractivity (Wildman–Crippen MR) is 160 cm³/mol. The number of anilines is 1. The molecule has 208 valence electrons. The second-order valence-corrected chi connectivity index (χ2v) is 13.0. The number of hydrogen-bond donors (Lipinski definition) is 1. The van der Waals surface area contributed by atoms with Gasteiger partial charge in [0.15, 0.2) is 5.16 Å². The first kappa shape index (κ1) is 28.1. The molecule has 0 atom stereocenters. The van der Waals surface area contributed by atoms with Crippen molar-refractivity contribution in [2.45, 2.75) is 50.1 Å². The molecule has 2 heterocycles. The maximum atomic E-state index is 13.6. The van der Waals surface area contributed by atoms with Crippen LogP contribution in [0.15, 0.2) is 75.5 Å². The zero-order valence-corrected chi connectivity index (χ0v) is 24.4. The minimum atomic E-state index is -3.75. The Labute approximate surface area is 238 Å². The molecule has 1 aliphatic heterocycles. The number of amides is 1. The Morgan fingerprint density at radius 2 is 1.70 bits per heavy atom. The average molecular weight is 577 g/mol.